The Morgan fingerprint density at radius 1 is 0.605 bits per heavy atom. The quantitative estimate of drug-likeness (QED) is 0.0673. The van der Waals surface area contributed by atoms with Crippen LogP contribution in [-0.2, 0) is 42.7 Å². The molecule has 2 aliphatic carbocycles. The highest BCUT2D eigenvalue weighted by Gasteiger charge is 2.38. The number of halogens is 5. The van der Waals surface area contributed by atoms with Crippen molar-refractivity contribution in [2.24, 2.45) is 14.1 Å². The molecule has 2 heterocycles. The number of carbonyl (C=O) groups is 5. The lowest BCUT2D eigenvalue weighted by molar-refractivity contribution is -0.192. The smallest absolute Gasteiger partial charge is 0.481 e. The second-order valence-electron chi connectivity index (χ2n) is 19.2. The van der Waals surface area contributed by atoms with E-state index in [0.717, 1.165) is 70.0 Å². The molecule has 4 aromatic carbocycles. The number of benzene rings is 4. The maximum absolute atomic E-state index is 12.8. The standard InChI is InChI=1S/C29H35NO5.C25H27NO5.C2HF3O2.CH2Cl2/c1-29(2,3)35-28(32)20-15-16-21-23(17-20)30(4)27(26(21)19-11-7-6-8-12-19)22-13-9-10-14-24(22)34-18-25(31)33-5;1-26-20-14-17(25(28)29)12-13-18(20)23(16-8-4-3-5-9-16)24(26)19-10-6-7-11-21(19)31-15-22(27)30-2;3-2(4,5)1(6)7;2-1-3/h9-10,13-17,19H,6-8,11-12,18H2,1-5H3;6-7,10-14,16H,3-5,8-9,15H2,1-2H3,(H,28,29);(H,6,7);1H2. The van der Waals surface area contributed by atoms with Crippen LogP contribution in [0.25, 0.3) is 44.3 Å². The number of aryl methyl sites for hydroxylation is 2. The third-order valence-corrected chi connectivity index (χ3v) is 13.1. The Labute approximate surface area is 449 Å². The molecule has 0 spiro atoms. The summed E-state index contributed by atoms with van der Waals surface area (Å²) in [6, 6.07) is 26.7. The summed E-state index contributed by atoms with van der Waals surface area (Å²) in [5.41, 5.74) is 8.53. The highest BCUT2D eigenvalue weighted by Crippen LogP contribution is 2.48. The molecule has 0 saturated heterocycles. The maximum Gasteiger partial charge on any atom is 0.490 e. The van der Waals surface area contributed by atoms with Gasteiger partial charge in [-0.3, -0.25) is 0 Å². The number of carboxylic acids is 2. The molecule has 0 amide bonds. The zero-order chi connectivity index (χ0) is 55.9. The number of para-hydroxylation sites is 2. The first kappa shape index (κ1) is 60.1. The van der Waals surface area contributed by atoms with Crippen LogP contribution in [0.4, 0.5) is 13.2 Å². The second-order valence-corrected chi connectivity index (χ2v) is 20.0. The van der Waals surface area contributed by atoms with E-state index in [9.17, 15) is 37.5 Å². The topological polar surface area (TPSA) is 182 Å². The summed E-state index contributed by atoms with van der Waals surface area (Å²) >= 11 is 9.53. The van der Waals surface area contributed by atoms with Crippen LogP contribution in [0.3, 0.4) is 0 Å². The summed E-state index contributed by atoms with van der Waals surface area (Å²) in [4.78, 5) is 56.7. The molecule has 76 heavy (non-hydrogen) atoms. The van der Waals surface area contributed by atoms with Crippen molar-refractivity contribution in [2.75, 3.05) is 32.8 Å². The molecule has 8 rings (SSSR count). The first-order chi connectivity index (χ1) is 36.1. The molecule has 6 aromatic rings. The van der Waals surface area contributed by atoms with Crippen molar-refractivity contribution >= 4 is 74.9 Å². The Hall–Kier alpha value is -6.72. The minimum Gasteiger partial charge on any atom is -0.481 e. The number of methoxy groups -OCH3 is 2. The van der Waals surface area contributed by atoms with Gasteiger partial charge in [0, 0.05) is 47.0 Å². The molecule has 2 aliphatic rings. The third kappa shape index (κ3) is 15.5. The number of aromatic carboxylic acids is 1. The van der Waals surface area contributed by atoms with Gasteiger partial charge in [0.2, 0.25) is 0 Å². The summed E-state index contributed by atoms with van der Waals surface area (Å²) in [6.45, 7) is 5.29. The van der Waals surface area contributed by atoms with Crippen molar-refractivity contribution in [3.05, 3.63) is 107 Å². The van der Waals surface area contributed by atoms with Gasteiger partial charge in [-0.25, -0.2) is 24.0 Å². The van der Waals surface area contributed by atoms with Gasteiger partial charge >= 0.3 is 36.0 Å². The molecule has 0 unspecified atom stereocenters. The number of carboxylic acid groups (broad SMARTS) is 2. The molecule has 0 radical (unpaired) electrons. The second kappa shape index (κ2) is 27.4. The van der Waals surface area contributed by atoms with E-state index in [2.05, 4.69) is 15.2 Å². The number of fused-ring (bicyclic) bond motifs is 2. The zero-order valence-electron chi connectivity index (χ0n) is 43.7. The first-order valence-electron chi connectivity index (χ1n) is 24.8. The molecular formula is C57H65Cl2F3N2O12. The molecule has 14 nitrogen and oxygen atoms in total. The Morgan fingerprint density at radius 2 is 0.974 bits per heavy atom. The normalized spacial score (nSPS) is 13.9. The number of aliphatic carboxylic acids is 1. The fraction of sp³-hybridized carbons (Fsp3) is 0.421. The first-order valence-corrected chi connectivity index (χ1v) is 25.8. The molecule has 0 atom stereocenters. The zero-order valence-corrected chi connectivity index (χ0v) is 45.2. The van der Waals surface area contributed by atoms with Crippen LogP contribution in [0.2, 0.25) is 0 Å². The van der Waals surface area contributed by atoms with E-state index in [-0.39, 0.29) is 30.1 Å². The fourth-order valence-electron chi connectivity index (χ4n) is 9.76. The van der Waals surface area contributed by atoms with Crippen LogP contribution in [0.1, 0.15) is 129 Å². The average Bonchev–Trinajstić information content (AvgIpc) is 3.86. The summed E-state index contributed by atoms with van der Waals surface area (Å²) in [7, 11) is 6.68. The number of hydrogen-bond donors (Lipinski definition) is 2. The molecule has 0 aliphatic heterocycles. The summed E-state index contributed by atoms with van der Waals surface area (Å²) in [5.74, 6) is -2.83. The van der Waals surface area contributed by atoms with Crippen LogP contribution in [0, 0.1) is 0 Å². The van der Waals surface area contributed by atoms with Crippen molar-refractivity contribution < 1.29 is 71.0 Å². The lowest BCUT2D eigenvalue weighted by Crippen LogP contribution is -2.23. The summed E-state index contributed by atoms with van der Waals surface area (Å²) in [6.07, 6.45) is 6.69. The molecule has 2 N–H and O–H groups in total. The van der Waals surface area contributed by atoms with Gasteiger partial charge < -0.3 is 43.0 Å². The highest BCUT2D eigenvalue weighted by molar-refractivity contribution is 6.40. The van der Waals surface area contributed by atoms with Gasteiger partial charge in [0.25, 0.3) is 0 Å². The number of carbonyl (C=O) groups excluding carboxylic acids is 3. The van der Waals surface area contributed by atoms with E-state index < -0.39 is 35.7 Å². The maximum atomic E-state index is 12.8. The van der Waals surface area contributed by atoms with Crippen LogP contribution >= 0.6 is 23.2 Å². The Balaban J connectivity index is 0.000000240. The van der Waals surface area contributed by atoms with Gasteiger partial charge in [-0.2, -0.15) is 13.2 Å². The summed E-state index contributed by atoms with van der Waals surface area (Å²) in [5, 5.41) is 19.0. The molecule has 2 aromatic heterocycles. The number of nitrogens with zero attached hydrogens (tertiary/aromatic N) is 2. The van der Waals surface area contributed by atoms with E-state index in [4.69, 9.17) is 56.8 Å². The fourth-order valence-corrected chi connectivity index (χ4v) is 9.76. The van der Waals surface area contributed by atoms with Crippen molar-refractivity contribution in [3.8, 4) is 34.0 Å². The third-order valence-electron chi connectivity index (χ3n) is 13.1. The van der Waals surface area contributed by atoms with E-state index in [0.29, 0.717) is 28.9 Å². The van der Waals surface area contributed by atoms with Gasteiger partial charge in [0.15, 0.2) is 13.2 Å². The van der Waals surface area contributed by atoms with Gasteiger partial charge in [-0.1, -0.05) is 74.9 Å². The number of hydrogen-bond acceptors (Lipinski definition) is 10. The van der Waals surface area contributed by atoms with E-state index >= 15 is 0 Å². The highest BCUT2D eigenvalue weighted by atomic mass is 35.5. The minimum atomic E-state index is -5.08. The van der Waals surface area contributed by atoms with Gasteiger partial charge in [0.1, 0.15) is 17.1 Å². The minimum absolute atomic E-state index is 0.154. The Kier molecular flexibility index (Phi) is 21.7. The number of aromatic nitrogens is 2. The van der Waals surface area contributed by atoms with Crippen molar-refractivity contribution in [3.63, 3.8) is 0 Å². The summed E-state index contributed by atoms with van der Waals surface area (Å²) < 4.78 is 62.8. The number of rotatable bonds is 12. The monoisotopic (exact) mass is 1100 g/mol. The van der Waals surface area contributed by atoms with Crippen LogP contribution in [0.15, 0.2) is 84.9 Å². The predicted octanol–water partition coefficient (Wildman–Crippen LogP) is 13.6. The molecule has 2 fully saturated rings. The van der Waals surface area contributed by atoms with Crippen molar-refractivity contribution in [2.45, 2.75) is 109 Å². The predicted molar refractivity (Wildman–Crippen MR) is 286 cm³/mol. The molecule has 19 heteroatoms. The Morgan fingerprint density at radius 3 is 1.33 bits per heavy atom. The van der Waals surface area contributed by atoms with Gasteiger partial charge in [0.05, 0.1) is 42.1 Å². The molecular weight excluding hydrogens is 1030 g/mol. The Bertz CT molecular complexity index is 2980. The number of alkyl halides is 5. The lowest BCUT2D eigenvalue weighted by atomic mass is 9.81. The van der Waals surface area contributed by atoms with Crippen molar-refractivity contribution in [1.29, 1.82) is 0 Å². The largest absolute Gasteiger partial charge is 0.490 e. The van der Waals surface area contributed by atoms with Gasteiger partial charge in [-0.15, -0.1) is 23.2 Å². The molecule has 0 bridgehead atoms. The average molecular weight is 1100 g/mol. The number of esters is 3. The molecule has 410 valence electrons. The number of ether oxygens (including phenoxy) is 5. The van der Waals surface area contributed by atoms with Crippen molar-refractivity contribution in [1.82, 2.24) is 9.13 Å². The SMILES string of the molecule is COC(=O)COc1ccccc1-c1c(C2CCCCC2)c2ccc(C(=O)O)cc2n1C.COC(=O)COc1ccccc1-c1c(C2CCCCC2)c2ccc(C(=O)OC(C)(C)C)cc2n1C.ClCCl.O=C(O)C(F)(F)F. The van der Waals surface area contributed by atoms with Crippen LogP contribution in [0.5, 0.6) is 11.5 Å². The van der Waals surface area contributed by atoms with E-state index in [1.165, 1.54) is 63.9 Å². The van der Waals surface area contributed by atoms with Gasteiger partial charge in [-0.05, 0) is 118 Å². The van der Waals surface area contributed by atoms with E-state index in [1.54, 1.807) is 12.1 Å². The lowest BCUT2D eigenvalue weighted by Gasteiger charge is -2.24. The van der Waals surface area contributed by atoms with Crippen LogP contribution < -0.4 is 9.47 Å². The molecule has 2 saturated carbocycles. The van der Waals surface area contributed by atoms with Crippen LogP contribution in [-0.4, -0.2) is 93.7 Å². The van der Waals surface area contributed by atoms with E-state index in [1.807, 2.05) is 102 Å².